The summed E-state index contributed by atoms with van der Waals surface area (Å²) >= 11 is 5.42. The fourth-order valence-corrected chi connectivity index (χ4v) is 3.27. The van der Waals surface area contributed by atoms with Crippen molar-refractivity contribution >= 4 is 17.9 Å². The Labute approximate surface area is 151 Å². The second-order valence-corrected chi connectivity index (χ2v) is 6.47. The van der Waals surface area contributed by atoms with Gasteiger partial charge in [-0.25, -0.2) is 4.68 Å². The Bertz CT molecular complexity index is 865. The number of piperazine rings is 1. The topological polar surface area (TPSA) is 53.0 Å². The van der Waals surface area contributed by atoms with Crippen LogP contribution in [0.2, 0.25) is 0 Å². The van der Waals surface area contributed by atoms with Crippen LogP contribution in [0, 0.1) is 4.77 Å². The van der Waals surface area contributed by atoms with Gasteiger partial charge in [0.1, 0.15) is 0 Å². The Morgan fingerprint density at radius 2 is 1.68 bits per heavy atom. The second-order valence-electron chi connectivity index (χ2n) is 6.10. The van der Waals surface area contributed by atoms with Crippen LogP contribution in [0.1, 0.15) is 0 Å². The average molecular weight is 352 g/mol. The zero-order valence-corrected chi connectivity index (χ0v) is 14.7. The van der Waals surface area contributed by atoms with Gasteiger partial charge in [-0.05, 0) is 24.4 Å². The highest BCUT2D eigenvalue weighted by molar-refractivity contribution is 7.71. The van der Waals surface area contributed by atoms with E-state index in [0.717, 1.165) is 44.2 Å². The SMILES string of the molecule is S=c1nc(-c2ccccc2)[nH]n1CN1CCN(c2ccncc2)CC1. The van der Waals surface area contributed by atoms with Gasteiger partial charge in [0.15, 0.2) is 5.82 Å². The summed E-state index contributed by atoms with van der Waals surface area (Å²) in [7, 11) is 0. The molecule has 7 heteroatoms. The number of hydrogen-bond donors (Lipinski definition) is 1. The molecule has 1 aliphatic rings. The molecule has 0 unspecified atom stereocenters. The van der Waals surface area contributed by atoms with E-state index in [-0.39, 0.29) is 0 Å². The maximum absolute atomic E-state index is 5.42. The van der Waals surface area contributed by atoms with Crippen molar-refractivity contribution in [3.63, 3.8) is 0 Å². The summed E-state index contributed by atoms with van der Waals surface area (Å²) < 4.78 is 2.54. The molecule has 1 aliphatic heterocycles. The minimum Gasteiger partial charge on any atom is -0.369 e. The average Bonchev–Trinajstić information content (AvgIpc) is 3.04. The van der Waals surface area contributed by atoms with Gasteiger partial charge in [0, 0.05) is 49.8 Å². The normalized spacial score (nSPS) is 15.4. The van der Waals surface area contributed by atoms with Crippen LogP contribution < -0.4 is 4.90 Å². The molecule has 25 heavy (non-hydrogen) atoms. The zero-order valence-electron chi connectivity index (χ0n) is 13.9. The monoisotopic (exact) mass is 352 g/mol. The van der Waals surface area contributed by atoms with E-state index < -0.39 is 0 Å². The van der Waals surface area contributed by atoms with Crippen molar-refractivity contribution in [2.45, 2.75) is 6.67 Å². The number of rotatable bonds is 4. The minimum atomic E-state index is 0.593. The lowest BCUT2D eigenvalue weighted by Crippen LogP contribution is -2.46. The first kappa shape index (κ1) is 16.0. The molecule has 0 amide bonds. The van der Waals surface area contributed by atoms with Crippen LogP contribution in [-0.2, 0) is 6.67 Å². The van der Waals surface area contributed by atoms with Gasteiger partial charge in [-0.1, -0.05) is 30.3 Å². The third-order valence-corrected chi connectivity index (χ3v) is 4.78. The summed E-state index contributed by atoms with van der Waals surface area (Å²) in [6.07, 6.45) is 3.69. The van der Waals surface area contributed by atoms with E-state index in [9.17, 15) is 0 Å². The number of pyridine rings is 1. The first-order chi connectivity index (χ1) is 12.3. The predicted molar refractivity (Wildman–Crippen MR) is 101 cm³/mol. The van der Waals surface area contributed by atoms with Crippen molar-refractivity contribution in [1.82, 2.24) is 24.6 Å². The lowest BCUT2D eigenvalue weighted by molar-refractivity contribution is 0.194. The third kappa shape index (κ3) is 3.62. The molecule has 0 radical (unpaired) electrons. The molecule has 1 saturated heterocycles. The standard InChI is InChI=1S/C18H20N6S/c25-18-20-17(15-4-2-1-3-5-15)21-24(18)14-22-10-12-23(13-11-22)16-6-8-19-9-7-16/h1-9H,10-14H2,(H,20,21,25). The molecule has 6 nitrogen and oxygen atoms in total. The smallest absolute Gasteiger partial charge is 0.217 e. The first-order valence-electron chi connectivity index (χ1n) is 8.39. The zero-order chi connectivity index (χ0) is 17.1. The highest BCUT2D eigenvalue weighted by Crippen LogP contribution is 2.16. The molecule has 0 bridgehead atoms. The number of nitrogens with zero attached hydrogens (tertiary/aromatic N) is 5. The van der Waals surface area contributed by atoms with E-state index in [1.807, 2.05) is 47.4 Å². The van der Waals surface area contributed by atoms with Crippen LogP contribution in [0.4, 0.5) is 5.69 Å². The number of nitrogens with one attached hydrogen (secondary N) is 1. The van der Waals surface area contributed by atoms with Crippen LogP contribution in [0.15, 0.2) is 54.9 Å². The Hall–Kier alpha value is -2.51. The summed E-state index contributed by atoms with van der Waals surface area (Å²) in [4.78, 5) is 13.4. The number of H-pyrrole nitrogens is 1. The van der Waals surface area contributed by atoms with E-state index in [4.69, 9.17) is 12.2 Å². The summed E-state index contributed by atoms with van der Waals surface area (Å²) in [5.41, 5.74) is 2.29. The summed E-state index contributed by atoms with van der Waals surface area (Å²) in [5.74, 6) is 0.820. The van der Waals surface area contributed by atoms with Crippen LogP contribution in [0.5, 0.6) is 0 Å². The molecule has 4 rings (SSSR count). The molecule has 1 fully saturated rings. The Balaban J connectivity index is 1.41. The highest BCUT2D eigenvalue weighted by Gasteiger charge is 2.18. The molecule has 2 aromatic heterocycles. The molecule has 128 valence electrons. The van der Waals surface area contributed by atoms with Crippen molar-refractivity contribution in [3.8, 4) is 11.4 Å². The van der Waals surface area contributed by atoms with E-state index in [0.29, 0.717) is 4.77 Å². The Morgan fingerprint density at radius 1 is 0.960 bits per heavy atom. The molecular formula is C18H20N6S. The van der Waals surface area contributed by atoms with Crippen LogP contribution in [0.25, 0.3) is 11.4 Å². The summed E-state index contributed by atoms with van der Waals surface area (Å²) in [6, 6.07) is 14.2. The van der Waals surface area contributed by atoms with E-state index in [1.54, 1.807) is 0 Å². The van der Waals surface area contributed by atoms with Gasteiger partial charge in [-0.15, -0.1) is 0 Å². The number of aromatic nitrogens is 4. The van der Waals surface area contributed by atoms with Gasteiger partial charge in [0.2, 0.25) is 4.77 Å². The van der Waals surface area contributed by atoms with Gasteiger partial charge in [0.05, 0.1) is 6.67 Å². The first-order valence-corrected chi connectivity index (χ1v) is 8.80. The van der Waals surface area contributed by atoms with Crippen molar-refractivity contribution < 1.29 is 0 Å². The molecular weight excluding hydrogens is 332 g/mol. The molecule has 0 aliphatic carbocycles. The fourth-order valence-electron chi connectivity index (χ4n) is 3.08. The minimum absolute atomic E-state index is 0.593. The molecule has 1 aromatic carbocycles. The predicted octanol–water partition coefficient (Wildman–Crippen LogP) is 2.78. The van der Waals surface area contributed by atoms with Crippen molar-refractivity contribution in [1.29, 1.82) is 0 Å². The van der Waals surface area contributed by atoms with Crippen molar-refractivity contribution in [3.05, 3.63) is 59.6 Å². The van der Waals surface area contributed by atoms with Gasteiger partial charge in [-0.3, -0.25) is 15.0 Å². The molecule has 0 spiro atoms. The molecule has 3 aromatic rings. The van der Waals surface area contributed by atoms with Crippen molar-refractivity contribution in [2.75, 3.05) is 31.1 Å². The number of anilines is 1. The maximum Gasteiger partial charge on any atom is 0.217 e. The quantitative estimate of drug-likeness (QED) is 0.732. The lowest BCUT2D eigenvalue weighted by Gasteiger charge is -2.35. The lowest BCUT2D eigenvalue weighted by atomic mass is 10.2. The van der Waals surface area contributed by atoms with E-state index >= 15 is 0 Å². The van der Waals surface area contributed by atoms with Crippen LogP contribution in [-0.4, -0.2) is 50.8 Å². The fraction of sp³-hybridized carbons (Fsp3) is 0.278. The maximum atomic E-state index is 5.42. The molecule has 0 atom stereocenters. The van der Waals surface area contributed by atoms with E-state index in [1.165, 1.54) is 5.69 Å². The molecule has 0 saturated carbocycles. The van der Waals surface area contributed by atoms with Gasteiger partial charge >= 0.3 is 0 Å². The van der Waals surface area contributed by atoms with E-state index in [2.05, 4.69) is 37.0 Å². The van der Waals surface area contributed by atoms with Crippen LogP contribution in [0.3, 0.4) is 0 Å². The molecule has 1 N–H and O–H groups in total. The largest absolute Gasteiger partial charge is 0.369 e. The van der Waals surface area contributed by atoms with Crippen LogP contribution >= 0.6 is 12.2 Å². The number of aromatic amines is 1. The second kappa shape index (κ2) is 7.16. The third-order valence-electron chi connectivity index (χ3n) is 4.47. The summed E-state index contributed by atoms with van der Waals surface area (Å²) in [5, 5.41) is 3.33. The van der Waals surface area contributed by atoms with Gasteiger partial charge in [0.25, 0.3) is 0 Å². The van der Waals surface area contributed by atoms with Gasteiger partial charge < -0.3 is 4.90 Å². The van der Waals surface area contributed by atoms with Gasteiger partial charge in [-0.2, -0.15) is 4.98 Å². The number of hydrogen-bond acceptors (Lipinski definition) is 5. The Kier molecular flexibility index (Phi) is 4.58. The summed E-state index contributed by atoms with van der Waals surface area (Å²) in [6.45, 7) is 4.71. The van der Waals surface area contributed by atoms with Crippen molar-refractivity contribution in [2.24, 2.45) is 0 Å². The number of benzene rings is 1. The highest BCUT2D eigenvalue weighted by atomic mass is 32.1. The molecule has 3 heterocycles. The Morgan fingerprint density at radius 3 is 2.40 bits per heavy atom.